The molecule has 0 fully saturated rings. The minimum atomic E-state index is -3.81. The van der Waals surface area contributed by atoms with Crippen molar-refractivity contribution >= 4 is 44.8 Å². The molecule has 0 bridgehead atoms. The third kappa shape index (κ3) is 41.3. The van der Waals surface area contributed by atoms with Gasteiger partial charge in [0.2, 0.25) is 0 Å². The van der Waals surface area contributed by atoms with Crippen molar-refractivity contribution in [3.8, 4) is 0 Å². The van der Waals surface area contributed by atoms with Crippen molar-refractivity contribution in [2.24, 2.45) is 0 Å². The Morgan fingerprint density at radius 1 is 0.231 bits per heavy atom. The second-order valence-corrected chi connectivity index (χ2v) is 24.0. The van der Waals surface area contributed by atoms with Crippen LogP contribution in [0.15, 0.2) is 0 Å². The molecule has 0 radical (unpaired) electrons. The van der Waals surface area contributed by atoms with Crippen LogP contribution in [0.25, 0.3) is 0 Å². The van der Waals surface area contributed by atoms with Crippen LogP contribution in [-0.2, 0) is 68.0 Å². The Morgan fingerprint density at radius 2 is 0.369 bits per heavy atom. The maximum absolute atomic E-state index is 13.1. The number of hydrogen-bond donors (Lipinski definition) is 6. The summed E-state index contributed by atoms with van der Waals surface area (Å²) in [6, 6.07) is 0. The average molecular weight is 1090 g/mol. The molecule has 0 aromatic rings. The van der Waals surface area contributed by atoms with Gasteiger partial charge in [-0.15, -0.1) is 0 Å². The molecular formula is C39H84O21P4Se. The van der Waals surface area contributed by atoms with E-state index >= 15 is 0 Å². The molecule has 6 N–H and O–H groups in total. The van der Waals surface area contributed by atoms with Crippen LogP contribution in [0.4, 0.5) is 0 Å². The molecule has 392 valence electrons. The topological polar surface area (TPSA) is 283 Å². The van der Waals surface area contributed by atoms with Gasteiger partial charge in [0.15, 0.2) is 0 Å². The summed E-state index contributed by atoms with van der Waals surface area (Å²) in [6.07, 6.45) is 8.50. The molecule has 0 spiro atoms. The molecule has 0 aliphatic carbocycles. The number of phosphoric acid groups is 3. The first-order chi connectivity index (χ1) is 31.5. The molecule has 0 saturated heterocycles. The molecule has 0 rings (SSSR count). The SMILES string of the molecule is O=P(OCCCCO)(OCCCCO)OCCCCCOP(=[Se])(OCCCCCOP(=O)(OCCCCO)OCCCCO)OCCCCCOP(=O)(OCCCCO)OCCCCO. The van der Waals surface area contributed by atoms with E-state index in [1.54, 1.807) is 0 Å². The molecule has 0 heterocycles. The molecule has 26 heteroatoms. The van der Waals surface area contributed by atoms with Crippen LogP contribution < -0.4 is 0 Å². The van der Waals surface area contributed by atoms with E-state index < -0.39 is 29.7 Å². The Bertz CT molecular complexity index is 1050. The predicted molar refractivity (Wildman–Crippen MR) is 246 cm³/mol. The van der Waals surface area contributed by atoms with Crippen molar-refractivity contribution < 1.29 is 98.6 Å². The van der Waals surface area contributed by atoms with Crippen molar-refractivity contribution in [2.75, 3.05) is 119 Å². The van der Waals surface area contributed by atoms with Gasteiger partial charge in [-0.1, -0.05) is 0 Å². The van der Waals surface area contributed by atoms with Crippen LogP contribution in [0, 0.1) is 0 Å². The van der Waals surface area contributed by atoms with Crippen LogP contribution >= 0.6 is 29.7 Å². The van der Waals surface area contributed by atoms with Gasteiger partial charge in [-0.3, -0.25) is 0 Å². The van der Waals surface area contributed by atoms with Crippen molar-refractivity contribution in [3.63, 3.8) is 0 Å². The first-order valence-electron chi connectivity index (χ1n) is 23.3. The Kier molecular flexibility index (Phi) is 46.7. The van der Waals surface area contributed by atoms with Gasteiger partial charge in [-0.25, -0.2) is 0 Å². The van der Waals surface area contributed by atoms with Crippen molar-refractivity contribution in [2.45, 2.75) is 135 Å². The Balaban J connectivity index is 5.15. The molecule has 0 amide bonds. The van der Waals surface area contributed by atoms with Crippen LogP contribution in [0.5, 0.6) is 0 Å². The second kappa shape index (κ2) is 46.0. The van der Waals surface area contributed by atoms with Gasteiger partial charge in [0.25, 0.3) is 0 Å². The number of phosphoric ester groups is 3. The van der Waals surface area contributed by atoms with Gasteiger partial charge >= 0.3 is 288 Å². The number of unbranched alkanes of at least 4 members (excludes halogenated alkanes) is 12. The Morgan fingerprint density at radius 3 is 0.523 bits per heavy atom. The quantitative estimate of drug-likeness (QED) is 0.0195. The van der Waals surface area contributed by atoms with Gasteiger partial charge in [0.05, 0.1) is 0 Å². The standard InChI is InChI=1S/C39H84O21P4Se/c40-22-4-16-31-52-61(46,53-32-17-5-23-41)49-28-10-1-13-37-58-64(65,59-38-14-2-11-29-50-62(47,54-33-18-6-24-42)55-34-19-7-25-43)60-39-15-3-12-30-51-63(48,56-35-20-8-26-44)57-36-21-9-27-45/h40-45H,1-39H2. The third-order valence-electron chi connectivity index (χ3n) is 8.67. The van der Waals surface area contributed by atoms with Gasteiger partial charge in [0.1, 0.15) is 0 Å². The molecule has 0 atom stereocenters. The molecule has 0 unspecified atom stereocenters. The van der Waals surface area contributed by atoms with E-state index in [4.69, 9.17) is 84.9 Å². The van der Waals surface area contributed by atoms with Gasteiger partial charge in [-0.05, 0) is 38.5 Å². The number of aliphatic hydroxyl groups is 6. The van der Waals surface area contributed by atoms with E-state index in [0.717, 1.165) is 0 Å². The summed E-state index contributed by atoms with van der Waals surface area (Å²) in [5.41, 5.74) is 0. The summed E-state index contributed by atoms with van der Waals surface area (Å²) in [5.74, 6) is 0. The fraction of sp³-hybridized carbons (Fsp3) is 1.00. The Labute approximate surface area is 395 Å². The second-order valence-electron chi connectivity index (χ2n) is 14.6. The summed E-state index contributed by atoms with van der Waals surface area (Å²) < 4.78 is 107. The fourth-order valence-electron chi connectivity index (χ4n) is 4.99. The van der Waals surface area contributed by atoms with Crippen molar-refractivity contribution in [1.82, 2.24) is 0 Å². The smallest absolute Gasteiger partial charge is 0.396 e. The zero-order valence-corrected chi connectivity index (χ0v) is 43.9. The van der Waals surface area contributed by atoms with E-state index in [1.165, 1.54) is 0 Å². The third-order valence-corrected chi connectivity index (χ3v) is 16.6. The average Bonchev–Trinajstić information content (AvgIpc) is 3.29. The molecule has 0 saturated carbocycles. The molecule has 0 aliphatic heterocycles. The van der Waals surface area contributed by atoms with Crippen LogP contribution in [0.1, 0.15) is 135 Å². The molecule has 0 aliphatic rings. The van der Waals surface area contributed by atoms with Crippen molar-refractivity contribution in [1.29, 1.82) is 0 Å². The van der Waals surface area contributed by atoms with Gasteiger partial charge in [-0.2, -0.15) is 0 Å². The number of rotatable bonds is 54. The van der Waals surface area contributed by atoms with E-state index in [2.05, 4.69) is 15.1 Å². The summed E-state index contributed by atoms with van der Waals surface area (Å²) in [6.45, 7) is 1.91. The number of hydrogen-bond acceptors (Lipinski definition) is 21. The van der Waals surface area contributed by atoms with E-state index in [-0.39, 0.29) is 99.1 Å². The first-order valence-corrected chi connectivity index (χ1v) is 31.4. The molecule has 21 nitrogen and oxygen atoms in total. The van der Waals surface area contributed by atoms with Crippen LogP contribution in [0.2, 0.25) is 0 Å². The first kappa shape index (κ1) is 65.9. The van der Waals surface area contributed by atoms with Crippen LogP contribution in [0.3, 0.4) is 0 Å². The summed E-state index contributed by atoms with van der Waals surface area (Å²) >= 11 is 2.99. The minimum absolute atomic E-state index is 0.00643. The summed E-state index contributed by atoms with van der Waals surface area (Å²) in [5, 5.41) is 54.2. The van der Waals surface area contributed by atoms with Gasteiger partial charge < -0.3 is 30.6 Å². The monoisotopic (exact) mass is 1090 g/mol. The molecule has 65 heavy (non-hydrogen) atoms. The normalized spacial score (nSPS) is 12.8. The van der Waals surface area contributed by atoms with E-state index in [9.17, 15) is 13.7 Å². The van der Waals surface area contributed by atoms with Crippen molar-refractivity contribution in [3.05, 3.63) is 0 Å². The number of aliphatic hydroxyl groups excluding tert-OH is 6. The predicted octanol–water partition coefficient (Wildman–Crippen LogP) is 7.50. The molecular weight excluding hydrogens is 1010 g/mol. The Hall–Kier alpha value is 0.919. The summed E-state index contributed by atoms with van der Waals surface area (Å²) in [7, 11) is -11.4. The van der Waals surface area contributed by atoms with Gasteiger partial charge in [0, 0.05) is 39.6 Å². The fourth-order valence-corrected chi connectivity index (χ4v) is 11.5. The molecule has 0 aromatic carbocycles. The minimum Gasteiger partial charge on any atom is -0.396 e. The molecule has 0 aromatic heterocycles. The van der Waals surface area contributed by atoms with E-state index in [1.807, 2.05) is 0 Å². The zero-order chi connectivity index (χ0) is 48.1. The van der Waals surface area contributed by atoms with Crippen LogP contribution in [-0.4, -0.2) is 165 Å². The van der Waals surface area contributed by atoms with E-state index in [0.29, 0.717) is 155 Å². The maximum atomic E-state index is 13.1. The zero-order valence-electron chi connectivity index (χ0n) is 38.6. The summed E-state index contributed by atoms with van der Waals surface area (Å²) in [4.78, 5) is 0.